The lowest BCUT2D eigenvalue weighted by Gasteiger charge is -2.37. The standard InChI is InChI=1S/C28H51NO5/c1-5-7-9-11-12-13-14-15-16-18-23(33-28(32)26(22(3)4)29-21-30)20-25-24(27(31)34-25)19-17-10-8-6-2/h21-26H,5-20H2,1-4H3,(H,29,30). The normalized spacial score (nSPS) is 19.3. The molecule has 1 amide bonds. The number of amides is 1. The maximum atomic E-state index is 12.8. The van der Waals surface area contributed by atoms with E-state index in [1.165, 1.54) is 57.8 Å². The zero-order valence-electron chi connectivity index (χ0n) is 22.3. The maximum Gasteiger partial charge on any atom is 0.329 e. The zero-order chi connectivity index (χ0) is 25.2. The molecule has 1 rings (SSSR count). The van der Waals surface area contributed by atoms with Crippen LogP contribution in [0.5, 0.6) is 0 Å². The van der Waals surface area contributed by atoms with Gasteiger partial charge in [0.1, 0.15) is 18.2 Å². The molecule has 0 aromatic rings. The van der Waals surface area contributed by atoms with Gasteiger partial charge in [0.25, 0.3) is 0 Å². The number of cyclic esters (lactones) is 1. The molecule has 4 atom stereocenters. The SMILES string of the molecule is CCCCCCCCCCCC(CC1OC(=O)C1CCCCCC)OC(=O)C(NC=O)C(C)C. The number of hydrogen-bond acceptors (Lipinski definition) is 5. The highest BCUT2D eigenvalue weighted by Crippen LogP contribution is 2.32. The summed E-state index contributed by atoms with van der Waals surface area (Å²) in [4.78, 5) is 35.8. The molecular formula is C28H51NO5. The van der Waals surface area contributed by atoms with Crippen molar-refractivity contribution in [1.82, 2.24) is 5.32 Å². The molecule has 0 radical (unpaired) electrons. The van der Waals surface area contributed by atoms with Gasteiger partial charge in [0, 0.05) is 6.42 Å². The summed E-state index contributed by atoms with van der Waals surface area (Å²) in [5.41, 5.74) is 0. The molecular weight excluding hydrogens is 430 g/mol. The Hall–Kier alpha value is -1.59. The van der Waals surface area contributed by atoms with E-state index in [-0.39, 0.29) is 30.0 Å². The molecule has 0 aromatic carbocycles. The third kappa shape index (κ3) is 12.2. The average Bonchev–Trinajstić information content (AvgIpc) is 2.80. The number of carbonyl (C=O) groups is 3. The number of rotatable bonds is 22. The summed E-state index contributed by atoms with van der Waals surface area (Å²) in [6.07, 6.45) is 17.9. The molecule has 1 N–H and O–H groups in total. The quantitative estimate of drug-likeness (QED) is 0.109. The van der Waals surface area contributed by atoms with E-state index >= 15 is 0 Å². The zero-order valence-corrected chi connectivity index (χ0v) is 22.3. The van der Waals surface area contributed by atoms with E-state index in [0.717, 1.165) is 38.5 Å². The molecule has 1 saturated heterocycles. The van der Waals surface area contributed by atoms with Gasteiger partial charge < -0.3 is 14.8 Å². The lowest BCUT2D eigenvalue weighted by molar-refractivity contribution is -0.190. The first-order valence-electron chi connectivity index (χ1n) is 14.0. The van der Waals surface area contributed by atoms with Crippen LogP contribution < -0.4 is 5.32 Å². The summed E-state index contributed by atoms with van der Waals surface area (Å²) >= 11 is 0. The van der Waals surface area contributed by atoms with Crippen LogP contribution in [0.1, 0.15) is 130 Å². The molecule has 6 heteroatoms. The molecule has 4 unspecified atom stereocenters. The van der Waals surface area contributed by atoms with Gasteiger partial charge in [0.2, 0.25) is 6.41 Å². The summed E-state index contributed by atoms with van der Waals surface area (Å²) < 4.78 is 11.3. The summed E-state index contributed by atoms with van der Waals surface area (Å²) in [6.45, 7) is 8.19. The van der Waals surface area contributed by atoms with Gasteiger partial charge in [-0.3, -0.25) is 9.59 Å². The fraction of sp³-hybridized carbons (Fsp3) is 0.893. The summed E-state index contributed by atoms with van der Waals surface area (Å²) in [7, 11) is 0. The monoisotopic (exact) mass is 481 g/mol. The third-order valence-electron chi connectivity index (χ3n) is 6.96. The number of carbonyl (C=O) groups excluding carboxylic acids is 3. The lowest BCUT2D eigenvalue weighted by Crippen LogP contribution is -2.48. The van der Waals surface area contributed by atoms with E-state index in [0.29, 0.717) is 12.8 Å². The van der Waals surface area contributed by atoms with Crippen LogP contribution in [-0.2, 0) is 23.9 Å². The van der Waals surface area contributed by atoms with Gasteiger partial charge in [-0.25, -0.2) is 4.79 Å². The van der Waals surface area contributed by atoms with Crippen molar-refractivity contribution in [3.63, 3.8) is 0 Å². The van der Waals surface area contributed by atoms with E-state index < -0.39 is 12.0 Å². The highest BCUT2D eigenvalue weighted by Gasteiger charge is 2.43. The van der Waals surface area contributed by atoms with Crippen LogP contribution in [0.3, 0.4) is 0 Å². The van der Waals surface area contributed by atoms with Crippen LogP contribution >= 0.6 is 0 Å². The Morgan fingerprint density at radius 2 is 1.50 bits per heavy atom. The van der Waals surface area contributed by atoms with Crippen LogP contribution in [0.2, 0.25) is 0 Å². The van der Waals surface area contributed by atoms with Crippen LogP contribution in [-0.4, -0.2) is 36.6 Å². The second kappa shape index (κ2) is 18.7. The van der Waals surface area contributed by atoms with Gasteiger partial charge in [0.15, 0.2) is 0 Å². The lowest BCUT2D eigenvalue weighted by atomic mass is 9.86. The van der Waals surface area contributed by atoms with Crippen molar-refractivity contribution >= 4 is 18.3 Å². The molecule has 6 nitrogen and oxygen atoms in total. The second-order valence-corrected chi connectivity index (χ2v) is 10.3. The fourth-order valence-electron chi connectivity index (χ4n) is 4.72. The number of hydrogen-bond donors (Lipinski definition) is 1. The van der Waals surface area contributed by atoms with E-state index in [9.17, 15) is 14.4 Å². The number of esters is 2. The minimum Gasteiger partial charge on any atom is -0.461 e. The van der Waals surface area contributed by atoms with E-state index in [2.05, 4.69) is 19.2 Å². The van der Waals surface area contributed by atoms with Crippen LogP contribution in [0.25, 0.3) is 0 Å². The first-order chi connectivity index (χ1) is 16.4. The second-order valence-electron chi connectivity index (χ2n) is 10.3. The summed E-state index contributed by atoms with van der Waals surface area (Å²) in [5.74, 6) is -0.639. The topological polar surface area (TPSA) is 81.7 Å². The van der Waals surface area contributed by atoms with Gasteiger partial charge in [-0.05, 0) is 25.2 Å². The summed E-state index contributed by atoms with van der Waals surface area (Å²) in [5, 5.41) is 2.59. The van der Waals surface area contributed by atoms with Crippen molar-refractivity contribution in [3.05, 3.63) is 0 Å². The number of nitrogens with one attached hydrogen (secondary N) is 1. The smallest absolute Gasteiger partial charge is 0.329 e. The highest BCUT2D eigenvalue weighted by atomic mass is 16.6. The van der Waals surface area contributed by atoms with Crippen molar-refractivity contribution in [3.8, 4) is 0 Å². The van der Waals surface area contributed by atoms with E-state index in [1.807, 2.05) is 13.8 Å². The Morgan fingerprint density at radius 1 is 0.941 bits per heavy atom. The fourth-order valence-corrected chi connectivity index (χ4v) is 4.72. The number of ether oxygens (including phenoxy) is 2. The predicted octanol–water partition coefficient (Wildman–Crippen LogP) is 6.49. The Labute approximate surface area is 208 Å². The molecule has 0 aliphatic carbocycles. The highest BCUT2D eigenvalue weighted by molar-refractivity contribution is 5.79. The summed E-state index contributed by atoms with van der Waals surface area (Å²) in [6, 6.07) is -0.656. The van der Waals surface area contributed by atoms with Gasteiger partial charge in [-0.1, -0.05) is 105 Å². The van der Waals surface area contributed by atoms with Crippen LogP contribution in [0, 0.1) is 11.8 Å². The molecule has 0 bridgehead atoms. The van der Waals surface area contributed by atoms with Crippen molar-refractivity contribution < 1.29 is 23.9 Å². The van der Waals surface area contributed by atoms with Crippen molar-refractivity contribution in [2.24, 2.45) is 11.8 Å². The van der Waals surface area contributed by atoms with Gasteiger partial charge in [0.05, 0.1) is 5.92 Å². The molecule has 1 aliphatic heterocycles. The predicted molar refractivity (Wildman–Crippen MR) is 136 cm³/mol. The van der Waals surface area contributed by atoms with Crippen LogP contribution in [0.15, 0.2) is 0 Å². The molecule has 0 spiro atoms. The number of unbranched alkanes of at least 4 members (excludes halogenated alkanes) is 11. The Balaban J connectivity index is 2.55. The average molecular weight is 482 g/mol. The van der Waals surface area contributed by atoms with Gasteiger partial charge in [-0.2, -0.15) is 0 Å². The molecule has 0 aromatic heterocycles. The minimum absolute atomic E-state index is 0.0566. The molecule has 34 heavy (non-hydrogen) atoms. The molecule has 1 aliphatic rings. The molecule has 0 saturated carbocycles. The van der Waals surface area contributed by atoms with Gasteiger partial charge >= 0.3 is 11.9 Å². The van der Waals surface area contributed by atoms with Crippen molar-refractivity contribution in [1.29, 1.82) is 0 Å². The van der Waals surface area contributed by atoms with Crippen molar-refractivity contribution in [2.45, 2.75) is 149 Å². The van der Waals surface area contributed by atoms with E-state index in [1.54, 1.807) is 0 Å². The van der Waals surface area contributed by atoms with Crippen LogP contribution in [0.4, 0.5) is 0 Å². The van der Waals surface area contributed by atoms with Crippen molar-refractivity contribution in [2.75, 3.05) is 0 Å². The maximum absolute atomic E-state index is 12.8. The molecule has 1 fully saturated rings. The Kier molecular flexibility index (Phi) is 16.7. The van der Waals surface area contributed by atoms with E-state index in [4.69, 9.17) is 9.47 Å². The molecule has 1 heterocycles. The Bertz CT molecular complexity index is 565. The minimum atomic E-state index is -0.656. The third-order valence-corrected chi connectivity index (χ3v) is 6.96. The first kappa shape index (κ1) is 30.4. The van der Waals surface area contributed by atoms with Gasteiger partial charge in [-0.15, -0.1) is 0 Å². The molecule has 198 valence electrons. The first-order valence-corrected chi connectivity index (χ1v) is 14.0. The largest absolute Gasteiger partial charge is 0.461 e. The Morgan fingerprint density at radius 3 is 2.03 bits per heavy atom.